The van der Waals surface area contributed by atoms with Gasteiger partial charge in [0.15, 0.2) is 0 Å². The minimum absolute atomic E-state index is 0.459. The largest absolute Gasteiger partial charge is 0.456 e. The van der Waals surface area contributed by atoms with Gasteiger partial charge in [0, 0.05) is 15.8 Å². The van der Waals surface area contributed by atoms with Crippen molar-refractivity contribution in [3.8, 4) is 22.3 Å². The van der Waals surface area contributed by atoms with Gasteiger partial charge < -0.3 is 4.42 Å². The Bertz CT molecular complexity index is 2530. The fraction of sp³-hybridized carbons (Fsp3) is 0.0455. The van der Waals surface area contributed by atoms with Crippen LogP contribution >= 0.6 is 11.6 Å². The summed E-state index contributed by atoms with van der Waals surface area (Å²) in [6.45, 7) is 0. The molecule has 0 atom stereocenters. The number of furan rings is 1. The summed E-state index contributed by atoms with van der Waals surface area (Å²) in [7, 11) is 0. The predicted octanol–water partition coefficient (Wildman–Crippen LogP) is 11.3. The van der Waals surface area contributed by atoms with Crippen LogP contribution < -0.4 is 0 Å². The first-order chi connectivity index (χ1) is 22.7. The van der Waals surface area contributed by atoms with Gasteiger partial charge in [-0.2, -0.15) is 0 Å². The second-order valence-corrected chi connectivity index (χ2v) is 13.3. The van der Waals surface area contributed by atoms with Crippen molar-refractivity contribution in [2.45, 2.75) is 10.8 Å². The highest BCUT2D eigenvalue weighted by atomic mass is 35.5. The fourth-order valence-electron chi connectivity index (χ4n) is 9.56. The quantitative estimate of drug-likeness (QED) is 0.168. The van der Waals surface area contributed by atoms with Crippen LogP contribution in [-0.4, -0.2) is 0 Å². The smallest absolute Gasteiger partial charge is 0.136 e. The molecule has 1 aromatic heterocycles. The van der Waals surface area contributed by atoms with Crippen molar-refractivity contribution in [1.82, 2.24) is 0 Å². The van der Waals surface area contributed by atoms with E-state index in [9.17, 15) is 0 Å². The molecule has 0 amide bonds. The summed E-state index contributed by atoms with van der Waals surface area (Å²) in [5.41, 5.74) is 16.3. The highest BCUT2D eigenvalue weighted by Gasteiger charge is 2.59. The zero-order valence-electron chi connectivity index (χ0n) is 24.7. The van der Waals surface area contributed by atoms with Crippen LogP contribution in [0.5, 0.6) is 0 Å². The van der Waals surface area contributed by atoms with Gasteiger partial charge >= 0.3 is 0 Å². The van der Waals surface area contributed by atoms with E-state index in [2.05, 4.69) is 140 Å². The standard InChI is InChI=1S/C44H25ClO/c45-26-21-22-29-38(25-26)44(37-23-24-40-42(41(29)37)30-13-3-10-20-39(30)46-40)35-18-8-6-16-33(35)43(34-17-7-9-19-36(34)44)31-14-4-1-11-27(31)28-12-2-5-15-32(28)43/h1-25H. The summed E-state index contributed by atoms with van der Waals surface area (Å²) in [4.78, 5) is 0. The van der Waals surface area contributed by atoms with Crippen LogP contribution in [0.2, 0.25) is 5.02 Å². The van der Waals surface area contributed by atoms with Crippen molar-refractivity contribution in [2.24, 2.45) is 0 Å². The maximum atomic E-state index is 6.95. The lowest BCUT2D eigenvalue weighted by Crippen LogP contribution is -2.43. The fourth-order valence-corrected chi connectivity index (χ4v) is 9.73. The van der Waals surface area contributed by atoms with E-state index in [1.807, 2.05) is 12.1 Å². The molecular formula is C44H25ClO. The Morgan fingerprint density at radius 3 is 1.54 bits per heavy atom. The maximum absolute atomic E-state index is 6.95. The van der Waals surface area contributed by atoms with Gasteiger partial charge in [-0.25, -0.2) is 0 Å². The van der Waals surface area contributed by atoms with E-state index in [0.29, 0.717) is 0 Å². The number of para-hydroxylation sites is 1. The second-order valence-electron chi connectivity index (χ2n) is 12.8. The summed E-state index contributed by atoms with van der Waals surface area (Å²) in [5, 5.41) is 3.05. The number of hydrogen-bond donors (Lipinski definition) is 0. The van der Waals surface area contributed by atoms with E-state index < -0.39 is 10.8 Å². The lowest BCUT2D eigenvalue weighted by atomic mass is 9.52. The summed E-state index contributed by atoms with van der Waals surface area (Å²) < 4.78 is 6.46. The number of benzene rings is 7. The first kappa shape index (κ1) is 24.9. The van der Waals surface area contributed by atoms with Crippen LogP contribution in [0.3, 0.4) is 0 Å². The van der Waals surface area contributed by atoms with Gasteiger partial charge in [-0.3, -0.25) is 0 Å². The molecule has 0 aliphatic heterocycles. The van der Waals surface area contributed by atoms with Gasteiger partial charge in [-0.05, 0) is 91.0 Å². The number of rotatable bonds is 0. The molecule has 0 bridgehead atoms. The highest BCUT2D eigenvalue weighted by molar-refractivity contribution is 6.31. The van der Waals surface area contributed by atoms with Crippen LogP contribution in [0.25, 0.3) is 44.2 Å². The number of fused-ring (bicyclic) bond motifs is 20. The molecule has 8 aromatic rings. The van der Waals surface area contributed by atoms with Gasteiger partial charge in [0.1, 0.15) is 11.2 Å². The average Bonchev–Trinajstić information content (AvgIpc) is 3.73. The lowest BCUT2D eigenvalue weighted by molar-refractivity contribution is 0.632. The van der Waals surface area contributed by atoms with Crippen LogP contribution in [0, 0.1) is 0 Å². The van der Waals surface area contributed by atoms with Crippen molar-refractivity contribution in [2.75, 3.05) is 0 Å². The molecule has 0 unspecified atom stereocenters. The molecule has 0 saturated carbocycles. The molecule has 2 heteroatoms. The molecule has 3 aliphatic rings. The maximum Gasteiger partial charge on any atom is 0.136 e. The molecule has 11 rings (SSSR count). The van der Waals surface area contributed by atoms with E-state index >= 15 is 0 Å². The van der Waals surface area contributed by atoms with E-state index in [1.165, 1.54) is 72.1 Å². The Morgan fingerprint density at radius 1 is 0.391 bits per heavy atom. The molecule has 0 N–H and O–H groups in total. The third kappa shape index (κ3) is 2.65. The Morgan fingerprint density at radius 2 is 0.913 bits per heavy atom. The summed E-state index contributed by atoms with van der Waals surface area (Å²) in [5.74, 6) is 0. The molecule has 0 fully saturated rings. The van der Waals surface area contributed by atoms with Crippen molar-refractivity contribution < 1.29 is 4.42 Å². The van der Waals surface area contributed by atoms with E-state index in [4.69, 9.17) is 16.0 Å². The minimum atomic E-state index is -0.576. The third-order valence-corrected chi connectivity index (χ3v) is 11.3. The Hall–Kier alpha value is -5.37. The van der Waals surface area contributed by atoms with Crippen LogP contribution in [0.15, 0.2) is 156 Å². The minimum Gasteiger partial charge on any atom is -0.456 e. The van der Waals surface area contributed by atoms with Crippen molar-refractivity contribution >= 4 is 33.5 Å². The predicted molar refractivity (Wildman–Crippen MR) is 187 cm³/mol. The zero-order chi connectivity index (χ0) is 30.2. The van der Waals surface area contributed by atoms with Crippen LogP contribution in [-0.2, 0) is 10.8 Å². The molecule has 7 aromatic carbocycles. The molecule has 1 nitrogen and oxygen atoms in total. The SMILES string of the molecule is Clc1ccc2c(c1)C1(c3ccccc3C3(c4ccccc4-c4ccccc43)c3ccccc31)c1ccc3oc4ccccc4c3c1-2. The normalized spacial score (nSPS) is 15.4. The van der Waals surface area contributed by atoms with Crippen LogP contribution in [0.1, 0.15) is 44.5 Å². The molecule has 3 aliphatic carbocycles. The van der Waals surface area contributed by atoms with E-state index in [0.717, 1.165) is 21.6 Å². The molecule has 2 spiro atoms. The Balaban J connectivity index is 1.38. The first-order valence-electron chi connectivity index (χ1n) is 15.9. The second kappa shape index (κ2) is 8.46. The lowest BCUT2D eigenvalue weighted by Gasteiger charge is -2.48. The zero-order valence-corrected chi connectivity index (χ0v) is 25.5. The Labute approximate surface area is 271 Å². The van der Waals surface area contributed by atoms with Gasteiger partial charge in [0.05, 0.1) is 10.8 Å². The van der Waals surface area contributed by atoms with E-state index in [1.54, 1.807) is 0 Å². The monoisotopic (exact) mass is 604 g/mol. The summed E-state index contributed by atoms with van der Waals surface area (Å²) in [6.07, 6.45) is 0. The topological polar surface area (TPSA) is 13.1 Å². The average molecular weight is 605 g/mol. The van der Waals surface area contributed by atoms with Crippen molar-refractivity contribution in [3.05, 3.63) is 201 Å². The first-order valence-corrected chi connectivity index (χ1v) is 16.3. The third-order valence-electron chi connectivity index (χ3n) is 11.0. The molecule has 0 saturated heterocycles. The van der Waals surface area contributed by atoms with E-state index in [-0.39, 0.29) is 0 Å². The van der Waals surface area contributed by atoms with Gasteiger partial charge in [0.25, 0.3) is 0 Å². The number of halogens is 1. The Kier molecular flexibility index (Phi) is 4.58. The highest BCUT2D eigenvalue weighted by Crippen LogP contribution is 2.68. The van der Waals surface area contributed by atoms with Crippen LogP contribution in [0.4, 0.5) is 0 Å². The summed E-state index contributed by atoms with van der Waals surface area (Å²) >= 11 is 6.95. The molecule has 0 radical (unpaired) electrons. The summed E-state index contributed by atoms with van der Waals surface area (Å²) in [6, 6.07) is 55.7. The molecule has 1 heterocycles. The van der Waals surface area contributed by atoms with Gasteiger partial charge in [-0.15, -0.1) is 0 Å². The molecule has 46 heavy (non-hydrogen) atoms. The number of hydrogen-bond acceptors (Lipinski definition) is 1. The van der Waals surface area contributed by atoms with Gasteiger partial charge in [-0.1, -0.05) is 139 Å². The van der Waals surface area contributed by atoms with Gasteiger partial charge in [0.2, 0.25) is 0 Å². The molecular weight excluding hydrogens is 580 g/mol. The molecule has 214 valence electrons. The van der Waals surface area contributed by atoms with Crippen molar-refractivity contribution in [3.63, 3.8) is 0 Å². The van der Waals surface area contributed by atoms with Crippen molar-refractivity contribution in [1.29, 1.82) is 0 Å².